The Labute approximate surface area is 146 Å². The molecule has 0 saturated heterocycles. The molecule has 1 aliphatic rings. The summed E-state index contributed by atoms with van der Waals surface area (Å²) in [6, 6.07) is 15.7. The first kappa shape index (κ1) is 15.6. The Kier molecular flexibility index (Phi) is 4.29. The Morgan fingerprint density at radius 1 is 1.16 bits per heavy atom. The van der Waals surface area contributed by atoms with Crippen molar-refractivity contribution in [3.8, 4) is 5.69 Å². The number of carbonyl (C=O) groups is 1. The van der Waals surface area contributed by atoms with Crippen molar-refractivity contribution in [2.45, 2.75) is 25.2 Å². The third-order valence-corrected chi connectivity index (χ3v) is 4.38. The highest BCUT2D eigenvalue weighted by molar-refractivity contribution is 5.93. The summed E-state index contributed by atoms with van der Waals surface area (Å²) in [4.78, 5) is 16.8. The molecule has 0 atom stereocenters. The topological polar surface area (TPSA) is 59.8 Å². The van der Waals surface area contributed by atoms with E-state index in [9.17, 15) is 4.79 Å². The summed E-state index contributed by atoms with van der Waals surface area (Å²) in [6.07, 6.45) is 6.65. The van der Waals surface area contributed by atoms with Crippen molar-refractivity contribution in [3.05, 3.63) is 77.9 Å². The number of carbonyl (C=O) groups excluding carboxylic acids is 1. The van der Waals surface area contributed by atoms with Gasteiger partial charge in [-0.3, -0.25) is 9.78 Å². The lowest BCUT2D eigenvalue weighted by molar-refractivity contribution is 0.0946. The Bertz CT molecular complexity index is 854. The van der Waals surface area contributed by atoms with Gasteiger partial charge in [-0.15, -0.1) is 0 Å². The van der Waals surface area contributed by atoms with Gasteiger partial charge in [0.25, 0.3) is 5.91 Å². The number of pyridine rings is 1. The van der Waals surface area contributed by atoms with Gasteiger partial charge in [0.05, 0.1) is 11.4 Å². The number of rotatable bonds is 6. The van der Waals surface area contributed by atoms with Crippen LogP contribution in [0.3, 0.4) is 0 Å². The first-order chi connectivity index (χ1) is 12.3. The number of nitrogens with one attached hydrogen (secondary N) is 1. The van der Waals surface area contributed by atoms with E-state index in [1.165, 1.54) is 0 Å². The molecule has 1 amide bonds. The second-order valence-corrected chi connectivity index (χ2v) is 6.34. The van der Waals surface area contributed by atoms with Crippen molar-refractivity contribution in [3.63, 3.8) is 0 Å². The summed E-state index contributed by atoms with van der Waals surface area (Å²) in [7, 11) is 0. The maximum Gasteiger partial charge on any atom is 0.270 e. The van der Waals surface area contributed by atoms with Gasteiger partial charge in [0.1, 0.15) is 5.69 Å². The van der Waals surface area contributed by atoms with Crippen LogP contribution in [0.15, 0.2) is 60.9 Å². The van der Waals surface area contributed by atoms with E-state index in [-0.39, 0.29) is 5.91 Å². The van der Waals surface area contributed by atoms with Crippen LogP contribution in [0.25, 0.3) is 5.69 Å². The predicted octanol–water partition coefficient (Wildman–Crippen LogP) is 3.12. The van der Waals surface area contributed by atoms with E-state index in [0.29, 0.717) is 18.2 Å². The molecule has 1 aliphatic carbocycles. The molecule has 0 radical (unpaired) electrons. The average molecular weight is 332 g/mol. The summed E-state index contributed by atoms with van der Waals surface area (Å²) in [5.74, 6) is 0.416. The Hall–Kier alpha value is -2.95. The second-order valence-electron chi connectivity index (χ2n) is 6.34. The minimum absolute atomic E-state index is 0.0906. The molecular formula is C20H20N4O. The second kappa shape index (κ2) is 6.89. The van der Waals surface area contributed by atoms with Crippen molar-refractivity contribution >= 4 is 5.91 Å². The molecule has 5 heteroatoms. The van der Waals surface area contributed by atoms with Gasteiger partial charge >= 0.3 is 0 Å². The number of para-hydroxylation sites is 1. The van der Waals surface area contributed by atoms with E-state index < -0.39 is 0 Å². The summed E-state index contributed by atoms with van der Waals surface area (Å²) < 4.78 is 1.76. The largest absolute Gasteiger partial charge is 0.350 e. The van der Waals surface area contributed by atoms with Crippen molar-refractivity contribution in [1.82, 2.24) is 20.1 Å². The molecule has 126 valence electrons. The standard InChI is InChI=1S/C20H20N4O/c25-20(22-12-10-15-5-4-11-21-14-15)19-13-18(16-8-9-16)23-24(19)17-6-2-1-3-7-17/h1-7,11,13-14,16H,8-10,12H2,(H,22,25). The normalized spacial score (nSPS) is 13.6. The van der Waals surface area contributed by atoms with Crippen molar-refractivity contribution < 1.29 is 4.79 Å². The van der Waals surface area contributed by atoms with Crippen LogP contribution in [0.4, 0.5) is 0 Å². The van der Waals surface area contributed by atoms with Gasteiger partial charge in [-0.25, -0.2) is 4.68 Å². The Morgan fingerprint density at radius 3 is 2.72 bits per heavy atom. The minimum Gasteiger partial charge on any atom is -0.350 e. The van der Waals surface area contributed by atoms with Crippen molar-refractivity contribution in [2.75, 3.05) is 6.54 Å². The molecule has 4 rings (SSSR count). The Balaban J connectivity index is 1.51. The molecule has 25 heavy (non-hydrogen) atoms. The van der Waals surface area contributed by atoms with E-state index in [4.69, 9.17) is 0 Å². The molecule has 0 bridgehead atoms. The van der Waals surface area contributed by atoms with Crippen LogP contribution >= 0.6 is 0 Å². The van der Waals surface area contributed by atoms with Gasteiger partial charge < -0.3 is 5.32 Å². The van der Waals surface area contributed by atoms with Crippen LogP contribution in [0, 0.1) is 0 Å². The molecule has 3 aromatic rings. The molecule has 2 aromatic heterocycles. The number of aromatic nitrogens is 3. The molecule has 1 fully saturated rings. The fraction of sp³-hybridized carbons (Fsp3) is 0.250. The number of amides is 1. The predicted molar refractivity (Wildman–Crippen MR) is 95.8 cm³/mol. The molecule has 0 spiro atoms. The lowest BCUT2D eigenvalue weighted by Crippen LogP contribution is -2.27. The molecule has 1 N–H and O–H groups in total. The number of nitrogens with zero attached hydrogens (tertiary/aromatic N) is 3. The van der Waals surface area contributed by atoms with Crippen LogP contribution in [-0.4, -0.2) is 27.2 Å². The third kappa shape index (κ3) is 3.60. The molecule has 2 heterocycles. The molecule has 1 saturated carbocycles. The number of benzene rings is 1. The number of hydrogen-bond donors (Lipinski definition) is 1. The fourth-order valence-corrected chi connectivity index (χ4v) is 2.86. The zero-order valence-electron chi connectivity index (χ0n) is 13.9. The summed E-state index contributed by atoms with van der Waals surface area (Å²) in [6.45, 7) is 0.573. The van der Waals surface area contributed by atoms with E-state index in [1.807, 2.05) is 54.7 Å². The quantitative estimate of drug-likeness (QED) is 0.754. The average Bonchev–Trinajstić information content (AvgIpc) is 3.41. The highest BCUT2D eigenvalue weighted by atomic mass is 16.2. The molecule has 1 aromatic carbocycles. The smallest absolute Gasteiger partial charge is 0.270 e. The Morgan fingerprint density at radius 2 is 2.00 bits per heavy atom. The summed E-state index contributed by atoms with van der Waals surface area (Å²) >= 11 is 0. The van der Waals surface area contributed by atoms with Crippen LogP contribution in [0.1, 0.15) is 40.5 Å². The maximum atomic E-state index is 12.7. The first-order valence-electron chi connectivity index (χ1n) is 8.64. The minimum atomic E-state index is -0.0906. The van der Waals surface area contributed by atoms with Gasteiger partial charge in [-0.05, 0) is 49.1 Å². The fourth-order valence-electron chi connectivity index (χ4n) is 2.86. The van der Waals surface area contributed by atoms with Gasteiger partial charge in [0.2, 0.25) is 0 Å². The molecular weight excluding hydrogens is 312 g/mol. The van der Waals surface area contributed by atoms with Gasteiger partial charge in [-0.1, -0.05) is 24.3 Å². The highest BCUT2D eigenvalue weighted by Gasteiger charge is 2.28. The van der Waals surface area contributed by atoms with Crippen LogP contribution in [0.2, 0.25) is 0 Å². The van der Waals surface area contributed by atoms with E-state index in [0.717, 1.165) is 36.2 Å². The van der Waals surface area contributed by atoms with E-state index >= 15 is 0 Å². The van der Waals surface area contributed by atoms with Crippen LogP contribution < -0.4 is 5.32 Å². The summed E-state index contributed by atoms with van der Waals surface area (Å²) in [5, 5.41) is 7.68. The first-order valence-corrected chi connectivity index (χ1v) is 8.64. The highest BCUT2D eigenvalue weighted by Crippen LogP contribution is 2.39. The van der Waals surface area contributed by atoms with E-state index in [2.05, 4.69) is 15.4 Å². The van der Waals surface area contributed by atoms with Crippen molar-refractivity contribution in [2.24, 2.45) is 0 Å². The van der Waals surface area contributed by atoms with Gasteiger partial charge in [0, 0.05) is 24.9 Å². The zero-order chi connectivity index (χ0) is 17.1. The summed E-state index contributed by atoms with van der Waals surface area (Å²) in [5.41, 5.74) is 3.63. The van der Waals surface area contributed by atoms with E-state index in [1.54, 1.807) is 10.9 Å². The van der Waals surface area contributed by atoms with Gasteiger partial charge in [0.15, 0.2) is 0 Å². The monoisotopic (exact) mass is 332 g/mol. The van der Waals surface area contributed by atoms with Crippen LogP contribution in [0.5, 0.6) is 0 Å². The molecule has 0 unspecified atom stereocenters. The third-order valence-electron chi connectivity index (χ3n) is 4.38. The SMILES string of the molecule is O=C(NCCc1cccnc1)c1cc(C2CC2)nn1-c1ccccc1. The van der Waals surface area contributed by atoms with Crippen LogP contribution in [-0.2, 0) is 6.42 Å². The zero-order valence-corrected chi connectivity index (χ0v) is 13.9. The number of hydrogen-bond acceptors (Lipinski definition) is 3. The molecule has 5 nitrogen and oxygen atoms in total. The van der Waals surface area contributed by atoms with Crippen molar-refractivity contribution in [1.29, 1.82) is 0 Å². The van der Waals surface area contributed by atoms with Gasteiger partial charge in [-0.2, -0.15) is 5.10 Å². The maximum absolute atomic E-state index is 12.7. The molecule has 0 aliphatic heterocycles. The lowest BCUT2D eigenvalue weighted by Gasteiger charge is -2.08. The lowest BCUT2D eigenvalue weighted by atomic mass is 10.2.